The van der Waals surface area contributed by atoms with E-state index in [1.807, 2.05) is 12.2 Å². The third-order valence-corrected chi connectivity index (χ3v) is 7.23. The molecule has 0 aromatic heterocycles. The Morgan fingerprint density at radius 3 is 2.67 bits per heavy atom. The zero-order valence-corrected chi connectivity index (χ0v) is 18.5. The summed E-state index contributed by atoms with van der Waals surface area (Å²) in [4.78, 5) is 20.2. The van der Waals surface area contributed by atoms with Gasteiger partial charge in [-0.1, -0.05) is 12.2 Å². The van der Waals surface area contributed by atoms with Gasteiger partial charge >= 0.3 is 0 Å². The number of phenols is 1. The predicted octanol–water partition coefficient (Wildman–Crippen LogP) is 0.597. The van der Waals surface area contributed by atoms with Gasteiger partial charge in [0.1, 0.15) is 23.1 Å². The highest BCUT2D eigenvalue weighted by Gasteiger charge is 2.46. The van der Waals surface area contributed by atoms with Gasteiger partial charge in [-0.05, 0) is 47.8 Å². The summed E-state index contributed by atoms with van der Waals surface area (Å²) in [6, 6.07) is 0. The topological polar surface area (TPSA) is 95.9 Å². The average molecular weight is 559 g/mol. The second-order valence-corrected chi connectivity index (χ2v) is 9.43. The maximum absolute atomic E-state index is 12.3. The summed E-state index contributed by atoms with van der Waals surface area (Å²) < 4.78 is 1.56. The summed E-state index contributed by atoms with van der Waals surface area (Å²) >= 11 is 10.2. The summed E-state index contributed by atoms with van der Waals surface area (Å²) in [5.41, 5.74) is 2.02. The number of allylic oxidation sites excluding steroid dienone is 4. The van der Waals surface area contributed by atoms with Crippen molar-refractivity contribution in [1.82, 2.24) is 0 Å². The molecule has 4 aliphatic rings. The summed E-state index contributed by atoms with van der Waals surface area (Å²) in [5.74, 6) is -0.149. The van der Waals surface area contributed by atoms with Gasteiger partial charge in [0.25, 0.3) is 0 Å². The number of fused-ring (bicyclic) bond motifs is 3. The molecule has 0 saturated heterocycles. The van der Waals surface area contributed by atoms with Crippen LogP contribution >= 0.6 is 47.8 Å². The normalized spacial score (nSPS) is 24.4. The van der Waals surface area contributed by atoms with E-state index in [9.17, 15) is 15.0 Å². The lowest BCUT2D eigenvalue weighted by atomic mass is 9.70. The van der Waals surface area contributed by atoms with E-state index in [2.05, 4.69) is 63.1 Å². The minimum atomic E-state index is -0.893. The number of phenolic OH excluding ortho intramolecular Hbond substituents is 1. The largest absolute Gasteiger partial charge is 0.504 e. The number of aromatic hydroxyl groups is 1. The van der Waals surface area contributed by atoms with E-state index >= 15 is 0 Å². The van der Waals surface area contributed by atoms with Crippen molar-refractivity contribution in [3.8, 4) is 5.75 Å². The Kier molecular flexibility index (Phi) is 3.86. The number of hydrogen-bond acceptors (Lipinski definition) is 5. The highest BCUT2D eigenvalue weighted by molar-refractivity contribution is 9.18. The number of benzene rings is 1. The van der Waals surface area contributed by atoms with Crippen molar-refractivity contribution < 1.29 is 20.0 Å². The number of carbonyl (C=O) groups excluding carboxylic acids is 1. The van der Waals surface area contributed by atoms with Gasteiger partial charge in [-0.3, -0.25) is 4.79 Å². The smallest absolute Gasteiger partial charge is 0.215 e. The number of anilines is 1. The van der Waals surface area contributed by atoms with Crippen LogP contribution in [0.4, 0.5) is 11.4 Å². The van der Waals surface area contributed by atoms with E-state index in [1.54, 1.807) is 0 Å². The van der Waals surface area contributed by atoms with Crippen LogP contribution in [-0.2, 0) is 10.2 Å². The zero-order chi connectivity index (χ0) is 19.1. The number of aliphatic hydroxyl groups is 1. The number of aliphatic hydroxyl groups excluding tert-OH is 1. The summed E-state index contributed by atoms with van der Waals surface area (Å²) in [6.07, 6.45) is 3.85. The number of hydrogen-bond donors (Lipinski definition) is 4. The van der Waals surface area contributed by atoms with Gasteiger partial charge in [-0.25, -0.2) is 9.98 Å². The van der Waals surface area contributed by atoms with Gasteiger partial charge in [-0.15, -0.1) is 0 Å². The Hall–Kier alpha value is -1.29. The Balaban J connectivity index is 1.96. The lowest BCUT2D eigenvalue weighted by molar-refractivity contribution is -0.501. The number of nitrogens with zero attached hydrogens (tertiary/aromatic N) is 1. The Morgan fingerprint density at radius 1 is 1.26 bits per heavy atom. The Bertz CT molecular complexity index is 1140. The molecule has 0 radical (unpaired) electrons. The van der Waals surface area contributed by atoms with Gasteiger partial charge in [-0.2, -0.15) is 0 Å². The second kappa shape index (κ2) is 5.85. The van der Waals surface area contributed by atoms with Crippen LogP contribution in [0.3, 0.4) is 0 Å². The van der Waals surface area contributed by atoms with Gasteiger partial charge in [0.05, 0.1) is 25.4 Å². The van der Waals surface area contributed by atoms with Crippen LogP contribution in [0.25, 0.3) is 5.57 Å². The molecule has 3 aliphatic heterocycles. The van der Waals surface area contributed by atoms with Crippen LogP contribution < -0.4 is 20.9 Å². The van der Waals surface area contributed by atoms with E-state index in [0.717, 1.165) is 39.3 Å². The Morgan fingerprint density at radius 2 is 1.96 bits per heavy atom. The van der Waals surface area contributed by atoms with Gasteiger partial charge in [0.15, 0.2) is 5.75 Å². The minimum absolute atomic E-state index is 0.00321. The molecule has 1 aromatic carbocycles. The number of rotatable bonds is 0. The van der Waals surface area contributed by atoms with Crippen LogP contribution in [0, 0.1) is 0 Å². The van der Waals surface area contributed by atoms with E-state index in [-0.39, 0.29) is 11.5 Å². The number of nitrogens with one attached hydrogen (secondary N) is 2. The maximum Gasteiger partial charge on any atom is 0.215 e. The summed E-state index contributed by atoms with van der Waals surface area (Å²) in [5, 5.41) is 26.2. The SMILES string of the molecule is O=C1C(Br)=CC2(C=C1Br)CC(O)Nc1c(O)c3c4c(c12)=[NH+]CCC=4C(Br)=N3. The van der Waals surface area contributed by atoms with Crippen molar-refractivity contribution >= 4 is 75.1 Å². The van der Waals surface area contributed by atoms with Gasteiger partial charge < -0.3 is 15.5 Å². The first kappa shape index (κ1) is 17.8. The number of aliphatic imine (C=N–C) groups is 1. The first-order valence-electron chi connectivity index (χ1n) is 8.36. The molecular formula is C18H13Br3N3O3+. The van der Waals surface area contributed by atoms with Crippen LogP contribution in [0.1, 0.15) is 18.4 Å². The number of halogens is 3. The zero-order valence-electron chi connectivity index (χ0n) is 13.7. The molecule has 1 unspecified atom stereocenters. The van der Waals surface area contributed by atoms with Gasteiger partial charge in [0.2, 0.25) is 11.1 Å². The van der Waals surface area contributed by atoms with E-state index in [0.29, 0.717) is 26.8 Å². The summed E-state index contributed by atoms with van der Waals surface area (Å²) in [6.45, 7) is 0.733. The number of ketones is 1. The van der Waals surface area contributed by atoms with E-state index < -0.39 is 11.6 Å². The molecule has 1 aliphatic carbocycles. The van der Waals surface area contributed by atoms with Crippen molar-refractivity contribution in [1.29, 1.82) is 0 Å². The lowest BCUT2D eigenvalue weighted by Crippen LogP contribution is -2.83. The molecule has 0 amide bonds. The van der Waals surface area contributed by atoms with E-state index in [4.69, 9.17) is 0 Å². The molecule has 6 nitrogen and oxygen atoms in total. The fourth-order valence-electron chi connectivity index (χ4n) is 4.36. The summed E-state index contributed by atoms with van der Waals surface area (Å²) in [7, 11) is 0. The van der Waals surface area contributed by atoms with Crippen molar-refractivity contribution in [2.45, 2.75) is 24.5 Å². The minimum Gasteiger partial charge on any atom is -0.504 e. The molecule has 1 atom stereocenters. The van der Waals surface area contributed by atoms with Crippen molar-refractivity contribution in [2.24, 2.45) is 4.99 Å². The quantitative estimate of drug-likeness (QED) is 0.351. The molecule has 9 heteroatoms. The molecule has 1 aromatic rings. The maximum atomic E-state index is 12.3. The first-order valence-corrected chi connectivity index (χ1v) is 10.7. The predicted molar refractivity (Wildman–Crippen MR) is 111 cm³/mol. The van der Waals surface area contributed by atoms with Gasteiger partial charge in [0, 0.05) is 23.8 Å². The van der Waals surface area contributed by atoms with Crippen LogP contribution in [0.5, 0.6) is 5.75 Å². The molecule has 4 N–H and O–H groups in total. The molecule has 138 valence electrons. The Labute approximate surface area is 178 Å². The molecule has 27 heavy (non-hydrogen) atoms. The second-order valence-electron chi connectivity index (χ2n) is 6.97. The number of Topliss-reactive ketones (excluding diaryl/α,β-unsaturated/α-hetero) is 1. The monoisotopic (exact) mass is 556 g/mol. The molecular weight excluding hydrogens is 546 g/mol. The molecule has 1 spiro atoms. The molecule has 5 rings (SSSR count). The third kappa shape index (κ3) is 2.35. The lowest BCUT2D eigenvalue weighted by Gasteiger charge is -2.39. The average Bonchev–Trinajstić information content (AvgIpc) is 2.95. The third-order valence-electron chi connectivity index (χ3n) is 5.40. The fourth-order valence-corrected chi connectivity index (χ4v) is 6.44. The highest BCUT2D eigenvalue weighted by atomic mass is 79.9. The fraction of sp³-hybridized carbons (Fsp3) is 0.278. The first-order chi connectivity index (χ1) is 12.8. The molecule has 0 saturated carbocycles. The standard InChI is InChI=1S/C18H12Br3N3O3/c19-7-3-18(4-8(20)15(7)26)5-9(25)23-14-11(18)12-10-6(1-2-22-12)17(21)24-13(10)16(14)27/h3-4,9,23,25,27H,1-2,5H2/p+1. The van der Waals surface area contributed by atoms with Crippen molar-refractivity contribution in [2.75, 3.05) is 11.9 Å². The van der Waals surface area contributed by atoms with Crippen LogP contribution in [0.15, 0.2) is 26.1 Å². The van der Waals surface area contributed by atoms with Crippen LogP contribution in [-0.4, -0.2) is 33.4 Å². The molecule has 0 fully saturated rings. The van der Waals surface area contributed by atoms with Crippen molar-refractivity contribution in [3.63, 3.8) is 0 Å². The number of carbonyl (C=O) groups is 1. The van der Waals surface area contributed by atoms with Crippen molar-refractivity contribution in [3.05, 3.63) is 37.3 Å². The molecule has 3 heterocycles. The molecule has 0 bridgehead atoms. The van der Waals surface area contributed by atoms with E-state index in [1.165, 1.54) is 0 Å². The van der Waals surface area contributed by atoms with Crippen LogP contribution in [0.2, 0.25) is 0 Å². The highest BCUT2D eigenvalue weighted by Crippen LogP contribution is 2.49.